The van der Waals surface area contributed by atoms with Gasteiger partial charge in [0, 0.05) is 19.5 Å². The first-order chi connectivity index (χ1) is 13.7. The molecular weight excluding hydrogens is 358 g/mol. The molecule has 0 bridgehead atoms. The molecule has 1 atom stereocenters. The van der Waals surface area contributed by atoms with Crippen molar-refractivity contribution in [3.63, 3.8) is 0 Å². The number of aryl methyl sites for hydroxylation is 1. The van der Waals surface area contributed by atoms with Gasteiger partial charge in [0.2, 0.25) is 5.91 Å². The van der Waals surface area contributed by atoms with E-state index in [1.807, 2.05) is 12.1 Å². The Balaban J connectivity index is 1.39. The molecule has 0 saturated carbocycles. The number of aromatic nitrogens is 3. The SMILES string of the molecule is O=C(Cn1nc2n(c1=O)CCCCC2)NCC(c1ccco1)N1CCCCC1. The van der Waals surface area contributed by atoms with Crippen molar-refractivity contribution in [2.45, 2.75) is 64.1 Å². The van der Waals surface area contributed by atoms with E-state index in [0.29, 0.717) is 13.1 Å². The van der Waals surface area contributed by atoms with Gasteiger partial charge in [-0.15, -0.1) is 0 Å². The molecule has 4 heterocycles. The van der Waals surface area contributed by atoms with E-state index in [-0.39, 0.29) is 24.2 Å². The average molecular weight is 387 g/mol. The van der Waals surface area contributed by atoms with Crippen molar-refractivity contribution in [1.82, 2.24) is 24.6 Å². The number of nitrogens with one attached hydrogen (secondary N) is 1. The van der Waals surface area contributed by atoms with Crippen LogP contribution in [0.3, 0.4) is 0 Å². The average Bonchev–Trinajstić information content (AvgIpc) is 3.26. The molecule has 2 aromatic heterocycles. The van der Waals surface area contributed by atoms with Crippen molar-refractivity contribution in [2.75, 3.05) is 19.6 Å². The van der Waals surface area contributed by atoms with Crippen molar-refractivity contribution in [1.29, 1.82) is 0 Å². The molecule has 1 amide bonds. The van der Waals surface area contributed by atoms with Crippen LogP contribution in [0.25, 0.3) is 0 Å². The Morgan fingerprint density at radius 3 is 2.71 bits per heavy atom. The highest BCUT2D eigenvalue weighted by molar-refractivity contribution is 5.75. The number of fused-ring (bicyclic) bond motifs is 1. The summed E-state index contributed by atoms with van der Waals surface area (Å²) in [5, 5.41) is 7.38. The first-order valence-corrected chi connectivity index (χ1v) is 10.4. The fourth-order valence-corrected chi connectivity index (χ4v) is 4.25. The molecule has 152 valence electrons. The molecule has 0 aliphatic carbocycles. The third-order valence-corrected chi connectivity index (χ3v) is 5.77. The Morgan fingerprint density at radius 1 is 1.14 bits per heavy atom. The number of carbonyl (C=O) groups is 1. The molecule has 4 rings (SSSR count). The largest absolute Gasteiger partial charge is 0.468 e. The molecule has 0 spiro atoms. The van der Waals surface area contributed by atoms with Crippen LogP contribution in [0.4, 0.5) is 0 Å². The fourth-order valence-electron chi connectivity index (χ4n) is 4.25. The lowest BCUT2D eigenvalue weighted by Crippen LogP contribution is -2.42. The molecule has 2 aliphatic heterocycles. The summed E-state index contributed by atoms with van der Waals surface area (Å²) in [7, 11) is 0. The smallest absolute Gasteiger partial charge is 0.346 e. The van der Waals surface area contributed by atoms with Gasteiger partial charge in [0.25, 0.3) is 0 Å². The topological polar surface area (TPSA) is 85.3 Å². The van der Waals surface area contributed by atoms with Crippen LogP contribution in [0.15, 0.2) is 27.6 Å². The summed E-state index contributed by atoms with van der Waals surface area (Å²) in [4.78, 5) is 27.4. The van der Waals surface area contributed by atoms with Gasteiger partial charge < -0.3 is 9.73 Å². The third kappa shape index (κ3) is 4.22. The quantitative estimate of drug-likeness (QED) is 0.816. The van der Waals surface area contributed by atoms with Crippen LogP contribution in [0.5, 0.6) is 0 Å². The summed E-state index contributed by atoms with van der Waals surface area (Å²) < 4.78 is 8.65. The third-order valence-electron chi connectivity index (χ3n) is 5.77. The number of furan rings is 1. The minimum Gasteiger partial charge on any atom is -0.468 e. The van der Waals surface area contributed by atoms with Crippen LogP contribution in [-0.2, 0) is 24.3 Å². The first kappa shape index (κ1) is 19.0. The number of rotatable bonds is 6. The Hall–Kier alpha value is -2.35. The van der Waals surface area contributed by atoms with Gasteiger partial charge in [-0.25, -0.2) is 9.48 Å². The Morgan fingerprint density at radius 2 is 1.93 bits per heavy atom. The molecule has 0 aromatic carbocycles. The Kier molecular flexibility index (Phi) is 5.95. The molecular formula is C20H29N5O3. The number of nitrogens with zero attached hydrogens (tertiary/aromatic N) is 4. The van der Waals surface area contributed by atoms with Crippen molar-refractivity contribution >= 4 is 5.91 Å². The van der Waals surface area contributed by atoms with Crippen LogP contribution in [0.2, 0.25) is 0 Å². The number of likely N-dealkylation sites (tertiary alicyclic amines) is 1. The van der Waals surface area contributed by atoms with Crippen molar-refractivity contribution in [3.05, 3.63) is 40.5 Å². The van der Waals surface area contributed by atoms with Gasteiger partial charge in [0.15, 0.2) is 0 Å². The van der Waals surface area contributed by atoms with E-state index in [1.165, 1.54) is 23.9 Å². The van der Waals surface area contributed by atoms with Crippen molar-refractivity contribution in [2.24, 2.45) is 0 Å². The first-order valence-electron chi connectivity index (χ1n) is 10.4. The number of hydrogen-bond acceptors (Lipinski definition) is 5. The van der Waals surface area contributed by atoms with Crippen molar-refractivity contribution < 1.29 is 9.21 Å². The molecule has 1 fully saturated rings. The van der Waals surface area contributed by atoms with E-state index in [9.17, 15) is 9.59 Å². The van der Waals surface area contributed by atoms with Crippen molar-refractivity contribution in [3.8, 4) is 0 Å². The maximum atomic E-state index is 12.5. The summed E-state index contributed by atoms with van der Waals surface area (Å²) in [5.41, 5.74) is -0.175. The summed E-state index contributed by atoms with van der Waals surface area (Å²) in [6.45, 7) is 3.15. The van der Waals surface area contributed by atoms with Crippen LogP contribution >= 0.6 is 0 Å². The van der Waals surface area contributed by atoms with Crippen LogP contribution in [0, 0.1) is 0 Å². The number of piperidine rings is 1. The predicted octanol–water partition coefficient (Wildman–Crippen LogP) is 1.71. The Labute approximate surface area is 164 Å². The predicted molar refractivity (Wildman–Crippen MR) is 104 cm³/mol. The number of hydrogen-bond donors (Lipinski definition) is 1. The summed E-state index contributed by atoms with van der Waals surface area (Å²) in [6, 6.07) is 3.86. The van der Waals surface area contributed by atoms with E-state index in [2.05, 4.69) is 15.3 Å². The highest BCUT2D eigenvalue weighted by Crippen LogP contribution is 2.24. The van der Waals surface area contributed by atoms with Crippen LogP contribution in [-0.4, -0.2) is 44.8 Å². The molecule has 1 unspecified atom stereocenters. The molecule has 28 heavy (non-hydrogen) atoms. The van der Waals surface area contributed by atoms with Crippen LogP contribution in [0.1, 0.15) is 56.2 Å². The summed E-state index contributed by atoms with van der Waals surface area (Å²) in [6.07, 6.45) is 9.22. The van der Waals surface area contributed by atoms with Gasteiger partial charge in [-0.1, -0.05) is 12.8 Å². The van der Waals surface area contributed by atoms with Gasteiger partial charge >= 0.3 is 5.69 Å². The van der Waals surface area contributed by atoms with Gasteiger partial charge in [0.05, 0.1) is 12.3 Å². The molecule has 8 heteroatoms. The van der Waals surface area contributed by atoms with E-state index in [0.717, 1.165) is 50.4 Å². The normalized spacial score (nSPS) is 19.0. The monoisotopic (exact) mass is 387 g/mol. The zero-order valence-electron chi connectivity index (χ0n) is 16.3. The van der Waals surface area contributed by atoms with Gasteiger partial charge in [-0.3, -0.25) is 14.3 Å². The lowest BCUT2D eigenvalue weighted by molar-refractivity contribution is -0.122. The van der Waals surface area contributed by atoms with E-state index in [1.54, 1.807) is 10.8 Å². The van der Waals surface area contributed by atoms with Gasteiger partial charge in [0.1, 0.15) is 18.1 Å². The second-order valence-corrected chi connectivity index (χ2v) is 7.75. The molecule has 2 aromatic rings. The minimum absolute atomic E-state index is 0.0229. The molecule has 1 N–H and O–H groups in total. The molecule has 2 aliphatic rings. The summed E-state index contributed by atoms with van der Waals surface area (Å²) in [5.74, 6) is 1.48. The van der Waals surface area contributed by atoms with Gasteiger partial charge in [-0.05, 0) is 50.9 Å². The maximum absolute atomic E-state index is 12.5. The highest BCUT2D eigenvalue weighted by Gasteiger charge is 2.25. The number of carbonyl (C=O) groups excluding carboxylic acids is 1. The zero-order chi connectivity index (χ0) is 19.3. The van der Waals surface area contributed by atoms with E-state index >= 15 is 0 Å². The van der Waals surface area contributed by atoms with Crippen LogP contribution < -0.4 is 11.0 Å². The fraction of sp³-hybridized carbons (Fsp3) is 0.650. The minimum atomic E-state index is -0.191. The molecule has 8 nitrogen and oxygen atoms in total. The number of amides is 1. The van der Waals surface area contributed by atoms with Gasteiger partial charge in [-0.2, -0.15) is 5.10 Å². The molecule has 1 saturated heterocycles. The Bertz CT molecular complexity index is 833. The maximum Gasteiger partial charge on any atom is 0.346 e. The zero-order valence-corrected chi connectivity index (χ0v) is 16.3. The van der Waals surface area contributed by atoms with E-state index < -0.39 is 0 Å². The lowest BCUT2D eigenvalue weighted by atomic mass is 10.1. The lowest BCUT2D eigenvalue weighted by Gasteiger charge is -2.33. The molecule has 0 radical (unpaired) electrons. The second kappa shape index (κ2) is 8.77. The van der Waals surface area contributed by atoms with E-state index in [4.69, 9.17) is 4.42 Å². The summed E-state index contributed by atoms with van der Waals surface area (Å²) >= 11 is 0. The highest BCUT2D eigenvalue weighted by atomic mass is 16.3. The standard InChI is InChI=1S/C20H29N5O3/c26-19(15-25-20(27)24-12-6-1-3-9-18(24)22-25)21-14-16(17-8-7-13-28-17)23-10-4-2-5-11-23/h7-8,13,16H,1-6,9-12,14-15H2,(H,21,26). The second-order valence-electron chi connectivity index (χ2n) is 7.75.